The number of anilines is 1. The molecule has 1 heterocycles. The fourth-order valence-corrected chi connectivity index (χ4v) is 5.49. The molecule has 3 N–H and O–H groups in total. The van der Waals surface area contributed by atoms with E-state index < -0.39 is 10.0 Å². The van der Waals surface area contributed by atoms with Crippen molar-refractivity contribution >= 4 is 15.7 Å². The summed E-state index contributed by atoms with van der Waals surface area (Å²) in [5.74, 6) is 5.88. The predicted molar refractivity (Wildman–Crippen MR) is 83.1 cm³/mol. The van der Waals surface area contributed by atoms with Gasteiger partial charge in [-0.15, -0.1) is 0 Å². The molecule has 0 aromatic heterocycles. The molecule has 1 saturated heterocycles. The lowest BCUT2D eigenvalue weighted by atomic mass is 9.79. The zero-order valence-electron chi connectivity index (χ0n) is 12.2. The van der Waals surface area contributed by atoms with Gasteiger partial charge in [0, 0.05) is 18.3 Å². The van der Waals surface area contributed by atoms with Crippen LogP contribution in [0.2, 0.25) is 0 Å². The maximum Gasteiger partial charge on any atom is 0.243 e. The van der Waals surface area contributed by atoms with Gasteiger partial charge < -0.3 is 5.43 Å². The Morgan fingerprint density at radius 1 is 1.05 bits per heavy atom. The van der Waals surface area contributed by atoms with E-state index in [9.17, 15) is 8.42 Å². The molecule has 6 heteroatoms. The third kappa shape index (κ3) is 2.80. The highest BCUT2D eigenvalue weighted by atomic mass is 32.2. The van der Waals surface area contributed by atoms with Crippen molar-refractivity contribution < 1.29 is 8.42 Å². The number of fused-ring (bicyclic) bond motifs is 1. The minimum atomic E-state index is -3.39. The lowest BCUT2D eigenvalue weighted by Gasteiger charge is -2.43. The third-order valence-electron chi connectivity index (χ3n) is 4.82. The Kier molecular flexibility index (Phi) is 4.19. The van der Waals surface area contributed by atoms with E-state index in [1.165, 1.54) is 19.3 Å². The molecule has 1 saturated carbocycles. The van der Waals surface area contributed by atoms with E-state index in [0.717, 1.165) is 19.3 Å². The largest absolute Gasteiger partial charge is 0.324 e. The molecule has 2 fully saturated rings. The van der Waals surface area contributed by atoms with Crippen molar-refractivity contribution in [2.24, 2.45) is 11.8 Å². The summed E-state index contributed by atoms with van der Waals surface area (Å²) in [6.07, 6.45) is 6.71. The Balaban J connectivity index is 1.88. The number of hydrogen-bond acceptors (Lipinski definition) is 4. The molecule has 0 bridgehead atoms. The summed E-state index contributed by atoms with van der Waals surface area (Å²) in [5.41, 5.74) is 3.23. The lowest BCUT2D eigenvalue weighted by Crippen LogP contribution is -2.49. The second-order valence-electron chi connectivity index (χ2n) is 6.04. The number of sulfonamides is 1. The molecule has 2 atom stereocenters. The van der Waals surface area contributed by atoms with Crippen molar-refractivity contribution in [3.63, 3.8) is 0 Å². The predicted octanol–water partition coefficient (Wildman–Crippen LogP) is 2.32. The average Bonchev–Trinajstić information content (AvgIpc) is 2.54. The number of nitrogens with one attached hydrogen (secondary N) is 1. The third-order valence-corrected chi connectivity index (χ3v) is 6.76. The number of piperidine rings is 1. The van der Waals surface area contributed by atoms with E-state index >= 15 is 0 Å². The van der Waals surface area contributed by atoms with Gasteiger partial charge in [-0.2, -0.15) is 4.31 Å². The van der Waals surface area contributed by atoms with Gasteiger partial charge in [-0.05, 0) is 55.9 Å². The van der Waals surface area contributed by atoms with Crippen LogP contribution in [0.4, 0.5) is 5.69 Å². The SMILES string of the molecule is NNc1ccc(S(=O)(=O)N2CCCC3CCCCC32)cc1. The molecule has 1 aliphatic carbocycles. The maximum absolute atomic E-state index is 12.9. The van der Waals surface area contributed by atoms with Crippen molar-refractivity contribution in [2.75, 3.05) is 12.0 Å². The van der Waals surface area contributed by atoms with Crippen molar-refractivity contribution in [1.82, 2.24) is 4.31 Å². The number of hydrazine groups is 1. The maximum atomic E-state index is 12.9. The molecule has 116 valence electrons. The summed E-state index contributed by atoms with van der Waals surface area (Å²) >= 11 is 0. The quantitative estimate of drug-likeness (QED) is 0.663. The molecule has 1 aromatic carbocycles. The van der Waals surface area contributed by atoms with Gasteiger partial charge in [-0.3, -0.25) is 5.84 Å². The molecule has 3 rings (SSSR count). The first-order valence-corrected chi connectivity index (χ1v) is 9.15. The topological polar surface area (TPSA) is 75.4 Å². The van der Waals surface area contributed by atoms with E-state index in [1.54, 1.807) is 28.6 Å². The Hall–Kier alpha value is -1.11. The van der Waals surface area contributed by atoms with Crippen molar-refractivity contribution in [3.8, 4) is 0 Å². The normalized spacial score (nSPS) is 27.1. The van der Waals surface area contributed by atoms with Crippen LogP contribution in [-0.4, -0.2) is 25.3 Å². The van der Waals surface area contributed by atoms with Crippen LogP contribution in [-0.2, 0) is 10.0 Å². The Morgan fingerprint density at radius 2 is 1.71 bits per heavy atom. The smallest absolute Gasteiger partial charge is 0.243 e. The van der Waals surface area contributed by atoms with Crippen LogP contribution in [0.25, 0.3) is 0 Å². The number of nitrogen functional groups attached to an aromatic ring is 1. The molecule has 1 aliphatic heterocycles. The second kappa shape index (κ2) is 5.94. The van der Waals surface area contributed by atoms with Crippen LogP contribution in [0.15, 0.2) is 29.2 Å². The first kappa shape index (κ1) is 14.8. The molecule has 2 unspecified atom stereocenters. The summed E-state index contributed by atoms with van der Waals surface area (Å²) in [6, 6.07) is 6.88. The summed E-state index contributed by atoms with van der Waals surface area (Å²) in [4.78, 5) is 0.368. The van der Waals surface area contributed by atoms with Crippen LogP contribution in [0.1, 0.15) is 38.5 Å². The summed E-state index contributed by atoms with van der Waals surface area (Å²) < 4.78 is 27.6. The summed E-state index contributed by atoms with van der Waals surface area (Å²) in [7, 11) is -3.39. The molecular formula is C15H23N3O2S. The van der Waals surface area contributed by atoms with Crippen LogP contribution in [0.3, 0.4) is 0 Å². The molecule has 0 radical (unpaired) electrons. The van der Waals surface area contributed by atoms with Crippen LogP contribution < -0.4 is 11.3 Å². The van der Waals surface area contributed by atoms with E-state index in [0.29, 0.717) is 23.0 Å². The minimum Gasteiger partial charge on any atom is -0.324 e. The Morgan fingerprint density at radius 3 is 2.43 bits per heavy atom. The number of benzene rings is 1. The van der Waals surface area contributed by atoms with Gasteiger partial charge in [0.1, 0.15) is 0 Å². The lowest BCUT2D eigenvalue weighted by molar-refractivity contribution is 0.129. The zero-order chi connectivity index (χ0) is 14.9. The van der Waals surface area contributed by atoms with E-state index in [1.807, 2.05) is 0 Å². The monoisotopic (exact) mass is 309 g/mol. The molecule has 5 nitrogen and oxygen atoms in total. The molecular weight excluding hydrogens is 286 g/mol. The number of nitrogens with two attached hydrogens (primary N) is 1. The van der Waals surface area contributed by atoms with Crippen molar-refractivity contribution in [1.29, 1.82) is 0 Å². The fraction of sp³-hybridized carbons (Fsp3) is 0.600. The van der Waals surface area contributed by atoms with Crippen LogP contribution in [0.5, 0.6) is 0 Å². The van der Waals surface area contributed by atoms with Gasteiger partial charge in [0.05, 0.1) is 4.90 Å². The molecule has 0 spiro atoms. The van der Waals surface area contributed by atoms with Gasteiger partial charge in [-0.1, -0.05) is 12.8 Å². The zero-order valence-corrected chi connectivity index (χ0v) is 13.0. The number of nitrogens with zero attached hydrogens (tertiary/aromatic N) is 1. The first-order valence-electron chi connectivity index (χ1n) is 7.71. The minimum absolute atomic E-state index is 0.199. The van der Waals surface area contributed by atoms with Gasteiger partial charge in [0.25, 0.3) is 0 Å². The summed E-state index contributed by atoms with van der Waals surface area (Å²) in [5, 5.41) is 0. The van der Waals surface area contributed by atoms with Crippen LogP contribution >= 0.6 is 0 Å². The highest BCUT2D eigenvalue weighted by Gasteiger charge is 2.39. The second-order valence-corrected chi connectivity index (χ2v) is 7.93. The standard InChI is InChI=1S/C15H23N3O2S/c16-17-13-7-9-14(10-8-13)21(19,20)18-11-3-5-12-4-1-2-6-15(12)18/h7-10,12,15,17H,1-6,11,16H2. The Labute approximate surface area is 126 Å². The van der Waals surface area contributed by atoms with E-state index in [4.69, 9.17) is 5.84 Å². The first-order chi connectivity index (χ1) is 10.1. The van der Waals surface area contributed by atoms with Crippen molar-refractivity contribution in [2.45, 2.75) is 49.5 Å². The van der Waals surface area contributed by atoms with E-state index in [-0.39, 0.29) is 6.04 Å². The van der Waals surface area contributed by atoms with Gasteiger partial charge >= 0.3 is 0 Å². The van der Waals surface area contributed by atoms with Gasteiger partial charge in [0.15, 0.2) is 0 Å². The Bertz CT molecular complexity index is 583. The van der Waals surface area contributed by atoms with Crippen LogP contribution in [0, 0.1) is 5.92 Å². The highest BCUT2D eigenvalue weighted by Crippen LogP contribution is 2.38. The number of hydrogen-bond donors (Lipinski definition) is 2. The average molecular weight is 309 g/mol. The fourth-order valence-electron chi connectivity index (χ4n) is 3.74. The summed E-state index contributed by atoms with van der Waals surface area (Å²) in [6.45, 7) is 0.653. The molecule has 2 aliphatic rings. The molecule has 1 aromatic rings. The van der Waals surface area contributed by atoms with E-state index in [2.05, 4.69) is 5.43 Å². The number of rotatable bonds is 3. The van der Waals surface area contributed by atoms with Gasteiger partial charge in [-0.25, -0.2) is 8.42 Å². The molecule has 0 amide bonds. The van der Waals surface area contributed by atoms with Crippen molar-refractivity contribution in [3.05, 3.63) is 24.3 Å². The molecule has 21 heavy (non-hydrogen) atoms. The highest BCUT2D eigenvalue weighted by molar-refractivity contribution is 7.89. The van der Waals surface area contributed by atoms with Gasteiger partial charge in [0.2, 0.25) is 10.0 Å².